The topological polar surface area (TPSA) is 49.4 Å². The predicted octanol–water partition coefficient (Wildman–Crippen LogP) is 4.06. The van der Waals surface area contributed by atoms with Gasteiger partial charge in [-0.3, -0.25) is 4.79 Å². The number of carbonyl (C=O) groups is 2. The number of rotatable bonds is 5. The molecule has 1 unspecified atom stereocenters. The SMILES string of the molecule is CN(C)C(=O)NC(CC(=O)c1ccc(Cl)cc1)c1ccc(F)cc1. The van der Waals surface area contributed by atoms with Gasteiger partial charge < -0.3 is 10.2 Å². The standard InChI is InChI=1S/C18H18ClFN2O2/c1-22(2)18(24)21-16(12-5-9-15(20)10-6-12)11-17(23)13-3-7-14(19)8-4-13/h3-10,16H,11H2,1-2H3,(H,21,24). The van der Waals surface area contributed by atoms with E-state index in [4.69, 9.17) is 11.6 Å². The highest BCUT2D eigenvalue weighted by Gasteiger charge is 2.20. The molecule has 2 rings (SSSR count). The van der Waals surface area contributed by atoms with E-state index < -0.39 is 6.04 Å². The smallest absolute Gasteiger partial charge is 0.317 e. The molecule has 0 heterocycles. The number of hydrogen-bond acceptors (Lipinski definition) is 2. The second-order valence-electron chi connectivity index (χ2n) is 5.58. The Hall–Kier alpha value is -2.40. The zero-order chi connectivity index (χ0) is 17.7. The molecule has 0 aromatic heterocycles. The quantitative estimate of drug-likeness (QED) is 0.828. The Morgan fingerprint density at radius 1 is 1.08 bits per heavy atom. The Labute approximate surface area is 145 Å². The van der Waals surface area contributed by atoms with Gasteiger partial charge in [0.2, 0.25) is 0 Å². The van der Waals surface area contributed by atoms with E-state index in [0.717, 1.165) is 0 Å². The van der Waals surface area contributed by atoms with E-state index in [2.05, 4.69) is 5.32 Å². The van der Waals surface area contributed by atoms with Crippen LogP contribution in [-0.2, 0) is 0 Å². The number of carbonyl (C=O) groups excluding carboxylic acids is 2. The lowest BCUT2D eigenvalue weighted by Gasteiger charge is -2.21. The van der Waals surface area contributed by atoms with E-state index in [1.165, 1.54) is 17.0 Å². The van der Waals surface area contributed by atoms with Crippen LogP contribution in [0, 0.1) is 5.82 Å². The van der Waals surface area contributed by atoms with Gasteiger partial charge in [-0.25, -0.2) is 9.18 Å². The molecule has 0 bridgehead atoms. The molecule has 6 heteroatoms. The number of nitrogens with zero attached hydrogens (tertiary/aromatic N) is 1. The minimum atomic E-state index is -0.552. The van der Waals surface area contributed by atoms with Gasteiger partial charge in [-0.05, 0) is 42.0 Å². The van der Waals surface area contributed by atoms with Gasteiger partial charge in [0.25, 0.3) is 0 Å². The number of benzene rings is 2. The molecule has 24 heavy (non-hydrogen) atoms. The highest BCUT2D eigenvalue weighted by Crippen LogP contribution is 2.21. The summed E-state index contributed by atoms with van der Waals surface area (Å²) in [4.78, 5) is 25.8. The molecule has 1 atom stereocenters. The molecule has 126 valence electrons. The Balaban J connectivity index is 2.21. The first kappa shape index (κ1) is 17.9. The van der Waals surface area contributed by atoms with E-state index in [1.54, 1.807) is 50.5 Å². The second kappa shape index (κ2) is 7.93. The number of halogens is 2. The van der Waals surface area contributed by atoms with Crippen LogP contribution in [0.4, 0.5) is 9.18 Å². The van der Waals surface area contributed by atoms with Crippen LogP contribution < -0.4 is 5.32 Å². The second-order valence-corrected chi connectivity index (χ2v) is 6.02. The van der Waals surface area contributed by atoms with Crippen molar-refractivity contribution in [2.24, 2.45) is 0 Å². The molecule has 0 fully saturated rings. The maximum atomic E-state index is 13.1. The number of hydrogen-bond donors (Lipinski definition) is 1. The molecule has 0 aliphatic heterocycles. The molecule has 4 nitrogen and oxygen atoms in total. The van der Waals surface area contributed by atoms with Gasteiger partial charge in [0.05, 0.1) is 6.04 Å². The summed E-state index contributed by atoms with van der Waals surface area (Å²) in [6.45, 7) is 0. The van der Waals surface area contributed by atoms with Crippen LogP contribution in [0.1, 0.15) is 28.4 Å². The van der Waals surface area contributed by atoms with Crippen molar-refractivity contribution in [3.05, 3.63) is 70.5 Å². The summed E-state index contributed by atoms with van der Waals surface area (Å²) < 4.78 is 13.1. The van der Waals surface area contributed by atoms with Crippen LogP contribution in [0.25, 0.3) is 0 Å². The van der Waals surface area contributed by atoms with Crippen molar-refractivity contribution in [2.75, 3.05) is 14.1 Å². The first-order valence-corrected chi connectivity index (χ1v) is 7.76. The third kappa shape index (κ3) is 4.80. The fourth-order valence-electron chi connectivity index (χ4n) is 2.16. The molecule has 2 amide bonds. The lowest BCUT2D eigenvalue weighted by molar-refractivity contribution is 0.0969. The van der Waals surface area contributed by atoms with Gasteiger partial charge in [-0.15, -0.1) is 0 Å². The number of amides is 2. The monoisotopic (exact) mass is 348 g/mol. The minimum absolute atomic E-state index is 0.0623. The fourth-order valence-corrected chi connectivity index (χ4v) is 2.29. The van der Waals surface area contributed by atoms with Crippen LogP contribution in [0.5, 0.6) is 0 Å². The van der Waals surface area contributed by atoms with Crippen molar-refractivity contribution in [2.45, 2.75) is 12.5 Å². The van der Waals surface area contributed by atoms with Gasteiger partial charge in [0.1, 0.15) is 5.82 Å². The largest absolute Gasteiger partial charge is 0.331 e. The molecule has 1 N–H and O–H groups in total. The van der Waals surface area contributed by atoms with Gasteiger partial charge in [-0.2, -0.15) is 0 Å². The maximum absolute atomic E-state index is 13.1. The van der Waals surface area contributed by atoms with Crippen LogP contribution >= 0.6 is 11.6 Å². The molecule has 0 aliphatic rings. The first-order chi connectivity index (χ1) is 11.4. The molecule has 0 radical (unpaired) electrons. The lowest BCUT2D eigenvalue weighted by Crippen LogP contribution is -2.38. The summed E-state index contributed by atoms with van der Waals surface area (Å²) in [5, 5.41) is 3.33. The summed E-state index contributed by atoms with van der Waals surface area (Å²) in [5.41, 5.74) is 1.17. The summed E-state index contributed by atoms with van der Waals surface area (Å²) in [5.74, 6) is -0.513. The molecule has 0 saturated heterocycles. The highest BCUT2D eigenvalue weighted by atomic mass is 35.5. The van der Waals surface area contributed by atoms with Crippen molar-refractivity contribution < 1.29 is 14.0 Å². The molecule has 2 aromatic carbocycles. The number of urea groups is 1. The van der Waals surface area contributed by atoms with Crippen LogP contribution in [0.3, 0.4) is 0 Å². The van der Waals surface area contributed by atoms with E-state index in [1.807, 2.05) is 0 Å². The summed E-state index contributed by atoms with van der Waals surface area (Å²) in [6.07, 6.45) is 0.0623. The van der Waals surface area contributed by atoms with Crippen molar-refractivity contribution >= 4 is 23.4 Å². The Kier molecular flexibility index (Phi) is 5.93. The zero-order valence-electron chi connectivity index (χ0n) is 13.4. The van der Waals surface area contributed by atoms with E-state index in [9.17, 15) is 14.0 Å². The normalized spacial score (nSPS) is 11.7. The van der Waals surface area contributed by atoms with Crippen molar-refractivity contribution in [3.63, 3.8) is 0 Å². The molecule has 0 spiro atoms. The third-order valence-corrected chi connectivity index (χ3v) is 3.78. The summed E-state index contributed by atoms with van der Waals surface area (Å²) in [6, 6.07) is 11.4. The van der Waals surface area contributed by atoms with Crippen LogP contribution in [0.15, 0.2) is 48.5 Å². The van der Waals surface area contributed by atoms with Crippen molar-refractivity contribution in [1.29, 1.82) is 0 Å². The molecule has 0 saturated carbocycles. The lowest BCUT2D eigenvalue weighted by atomic mass is 9.98. The molecule has 2 aromatic rings. The molecule has 0 aliphatic carbocycles. The van der Waals surface area contributed by atoms with Gasteiger partial charge >= 0.3 is 6.03 Å². The van der Waals surface area contributed by atoms with Crippen LogP contribution in [0.2, 0.25) is 5.02 Å². The van der Waals surface area contributed by atoms with E-state index in [-0.39, 0.29) is 24.1 Å². The minimum Gasteiger partial charge on any atom is -0.331 e. The van der Waals surface area contributed by atoms with Crippen LogP contribution in [-0.4, -0.2) is 30.8 Å². The van der Waals surface area contributed by atoms with Gasteiger partial charge in [0.15, 0.2) is 5.78 Å². The number of ketones is 1. The highest BCUT2D eigenvalue weighted by molar-refractivity contribution is 6.30. The maximum Gasteiger partial charge on any atom is 0.317 e. The number of nitrogens with one attached hydrogen (secondary N) is 1. The van der Waals surface area contributed by atoms with E-state index >= 15 is 0 Å². The molecular formula is C18H18ClFN2O2. The Morgan fingerprint density at radius 2 is 1.67 bits per heavy atom. The Morgan fingerprint density at radius 3 is 2.21 bits per heavy atom. The van der Waals surface area contributed by atoms with Gasteiger partial charge in [-0.1, -0.05) is 23.7 Å². The van der Waals surface area contributed by atoms with Crippen molar-refractivity contribution in [1.82, 2.24) is 10.2 Å². The van der Waals surface area contributed by atoms with E-state index in [0.29, 0.717) is 16.1 Å². The predicted molar refractivity (Wildman–Crippen MR) is 91.8 cm³/mol. The zero-order valence-corrected chi connectivity index (χ0v) is 14.2. The summed E-state index contributed by atoms with van der Waals surface area (Å²) in [7, 11) is 3.22. The fraction of sp³-hybridized carbons (Fsp3) is 0.222. The number of Topliss-reactive ketones (excluding diaryl/α,β-unsaturated/α-hetero) is 1. The third-order valence-electron chi connectivity index (χ3n) is 3.53. The first-order valence-electron chi connectivity index (χ1n) is 7.39. The van der Waals surface area contributed by atoms with Gasteiger partial charge in [0, 0.05) is 31.1 Å². The van der Waals surface area contributed by atoms with Crippen molar-refractivity contribution in [3.8, 4) is 0 Å². The Bertz CT molecular complexity index is 715. The average molecular weight is 349 g/mol. The summed E-state index contributed by atoms with van der Waals surface area (Å²) >= 11 is 5.83. The molecular weight excluding hydrogens is 331 g/mol. The average Bonchev–Trinajstić information content (AvgIpc) is 2.55.